The highest BCUT2D eigenvalue weighted by Gasteiger charge is 2.21. The van der Waals surface area contributed by atoms with Crippen LogP contribution in [0.25, 0.3) is 5.69 Å². The first-order chi connectivity index (χ1) is 9.51. The largest absolute Gasteiger partial charge is 0.464 e. The van der Waals surface area contributed by atoms with Crippen molar-refractivity contribution in [3.05, 3.63) is 40.8 Å². The number of esters is 1. The number of nitrogen functional groups attached to an aromatic ring is 1. The second-order valence-corrected chi connectivity index (χ2v) is 4.66. The van der Waals surface area contributed by atoms with Crippen molar-refractivity contribution in [3.63, 3.8) is 0 Å². The predicted molar refractivity (Wildman–Crippen MR) is 78.2 cm³/mol. The lowest BCUT2D eigenvalue weighted by atomic mass is 10.1. The summed E-state index contributed by atoms with van der Waals surface area (Å²) in [6.07, 6.45) is 0.877. The monoisotopic (exact) mass is 273 g/mol. The van der Waals surface area contributed by atoms with Gasteiger partial charge in [0.15, 0.2) is 5.69 Å². The molecule has 0 radical (unpaired) electrons. The molecular weight excluding hydrogens is 254 g/mol. The molecule has 0 aliphatic rings. The zero-order chi connectivity index (χ0) is 14.9. The Balaban J connectivity index is 2.71. The number of hydrogen-bond donors (Lipinski definition) is 1. The molecule has 0 fully saturated rings. The predicted octanol–water partition coefficient (Wildman–Crippen LogP) is 2.42. The van der Waals surface area contributed by atoms with Gasteiger partial charge in [-0.15, -0.1) is 0 Å². The number of aromatic nitrogens is 2. The molecule has 1 heterocycles. The van der Waals surface area contributed by atoms with Crippen molar-refractivity contribution < 1.29 is 9.53 Å². The number of nitrogens with two attached hydrogens (primary N) is 1. The Hall–Kier alpha value is -2.30. The number of carbonyl (C=O) groups excluding carboxylic acids is 1. The van der Waals surface area contributed by atoms with Gasteiger partial charge in [-0.25, -0.2) is 9.78 Å². The van der Waals surface area contributed by atoms with Crippen molar-refractivity contribution in [2.75, 3.05) is 12.8 Å². The van der Waals surface area contributed by atoms with Crippen LogP contribution in [0.1, 0.15) is 34.4 Å². The van der Waals surface area contributed by atoms with Crippen molar-refractivity contribution in [3.8, 4) is 5.69 Å². The van der Waals surface area contributed by atoms with Crippen LogP contribution in [0, 0.1) is 13.8 Å². The van der Waals surface area contributed by atoms with E-state index < -0.39 is 5.97 Å². The van der Waals surface area contributed by atoms with Gasteiger partial charge in [0, 0.05) is 0 Å². The standard InChI is InChI=1S/C15H19N3O2/c1-5-11-8-6-7-9(2)13(11)18-10(3)17-12(14(18)16)15(19)20-4/h6-8H,5,16H2,1-4H3. The first-order valence-electron chi connectivity index (χ1n) is 6.53. The number of methoxy groups -OCH3 is 1. The highest BCUT2D eigenvalue weighted by molar-refractivity contribution is 5.92. The SMILES string of the molecule is CCc1cccc(C)c1-n1c(C)nc(C(=O)OC)c1N. The molecule has 0 bridgehead atoms. The number of anilines is 1. The summed E-state index contributed by atoms with van der Waals surface area (Å²) in [5.74, 6) is 0.473. The van der Waals surface area contributed by atoms with Crippen molar-refractivity contribution in [2.24, 2.45) is 0 Å². The molecule has 0 atom stereocenters. The number of ether oxygens (including phenoxy) is 1. The van der Waals surface area contributed by atoms with Crippen LogP contribution in [-0.2, 0) is 11.2 Å². The summed E-state index contributed by atoms with van der Waals surface area (Å²) < 4.78 is 6.53. The molecule has 0 aliphatic heterocycles. The minimum absolute atomic E-state index is 0.162. The molecule has 2 rings (SSSR count). The lowest BCUT2D eigenvalue weighted by Crippen LogP contribution is -2.10. The van der Waals surface area contributed by atoms with Crippen LogP contribution in [0.5, 0.6) is 0 Å². The van der Waals surface area contributed by atoms with Gasteiger partial charge in [-0.2, -0.15) is 0 Å². The summed E-state index contributed by atoms with van der Waals surface area (Å²) in [6, 6.07) is 6.09. The number of carbonyl (C=O) groups is 1. The summed E-state index contributed by atoms with van der Waals surface area (Å²) in [5.41, 5.74) is 9.51. The molecule has 0 saturated carbocycles. The van der Waals surface area contributed by atoms with Gasteiger partial charge in [0.2, 0.25) is 0 Å². The zero-order valence-corrected chi connectivity index (χ0v) is 12.2. The summed E-state index contributed by atoms with van der Waals surface area (Å²) in [5, 5.41) is 0. The molecule has 2 aromatic rings. The van der Waals surface area contributed by atoms with E-state index in [1.165, 1.54) is 7.11 Å². The van der Waals surface area contributed by atoms with Crippen LogP contribution in [0.4, 0.5) is 5.82 Å². The number of imidazole rings is 1. The Morgan fingerprint density at radius 3 is 2.70 bits per heavy atom. The minimum Gasteiger partial charge on any atom is -0.464 e. The van der Waals surface area contributed by atoms with Crippen LogP contribution in [0.3, 0.4) is 0 Å². The summed E-state index contributed by atoms with van der Waals surface area (Å²) in [7, 11) is 1.32. The van der Waals surface area contributed by atoms with E-state index in [4.69, 9.17) is 10.5 Å². The van der Waals surface area contributed by atoms with Crippen molar-refractivity contribution in [1.82, 2.24) is 9.55 Å². The maximum atomic E-state index is 11.7. The van der Waals surface area contributed by atoms with Gasteiger partial charge in [-0.3, -0.25) is 4.57 Å². The minimum atomic E-state index is -0.518. The number of para-hydroxylation sites is 1. The highest BCUT2D eigenvalue weighted by atomic mass is 16.5. The Labute approximate surface area is 118 Å². The zero-order valence-electron chi connectivity index (χ0n) is 12.2. The van der Waals surface area contributed by atoms with Gasteiger partial charge in [-0.1, -0.05) is 25.1 Å². The number of aryl methyl sites for hydroxylation is 3. The second-order valence-electron chi connectivity index (χ2n) is 4.66. The van der Waals surface area contributed by atoms with Gasteiger partial charge in [0.1, 0.15) is 11.6 Å². The smallest absolute Gasteiger partial charge is 0.360 e. The lowest BCUT2D eigenvalue weighted by molar-refractivity contribution is 0.0596. The maximum Gasteiger partial charge on any atom is 0.360 e. The van der Waals surface area contributed by atoms with Gasteiger partial charge < -0.3 is 10.5 Å². The number of nitrogens with zero attached hydrogens (tertiary/aromatic N) is 2. The molecule has 1 aromatic heterocycles. The quantitative estimate of drug-likeness (QED) is 0.872. The van der Waals surface area contributed by atoms with E-state index in [2.05, 4.69) is 18.0 Å². The fraction of sp³-hybridized carbons (Fsp3) is 0.333. The molecule has 0 aliphatic carbocycles. The molecule has 0 saturated heterocycles. The molecular formula is C15H19N3O2. The molecule has 5 nitrogen and oxygen atoms in total. The van der Waals surface area contributed by atoms with E-state index in [0.717, 1.165) is 23.2 Å². The van der Waals surface area contributed by atoms with E-state index in [1.54, 1.807) is 0 Å². The molecule has 0 spiro atoms. The summed E-state index contributed by atoms with van der Waals surface area (Å²) in [4.78, 5) is 15.9. The van der Waals surface area contributed by atoms with E-state index >= 15 is 0 Å². The molecule has 2 N–H and O–H groups in total. The first kappa shape index (κ1) is 14.1. The highest BCUT2D eigenvalue weighted by Crippen LogP contribution is 2.27. The second kappa shape index (κ2) is 5.36. The third kappa shape index (κ3) is 2.15. The van der Waals surface area contributed by atoms with Gasteiger partial charge in [0.25, 0.3) is 0 Å². The van der Waals surface area contributed by atoms with Crippen molar-refractivity contribution >= 4 is 11.8 Å². The van der Waals surface area contributed by atoms with Crippen LogP contribution >= 0.6 is 0 Å². The third-order valence-corrected chi connectivity index (χ3v) is 3.39. The lowest BCUT2D eigenvalue weighted by Gasteiger charge is -2.15. The van der Waals surface area contributed by atoms with E-state index in [9.17, 15) is 4.79 Å². The van der Waals surface area contributed by atoms with Crippen LogP contribution in [-0.4, -0.2) is 22.6 Å². The van der Waals surface area contributed by atoms with Crippen LogP contribution < -0.4 is 5.73 Å². The first-order valence-corrected chi connectivity index (χ1v) is 6.53. The number of hydrogen-bond acceptors (Lipinski definition) is 4. The van der Waals surface area contributed by atoms with Crippen LogP contribution in [0.2, 0.25) is 0 Å². The van der Waals surface area contributed by atoms with Gasteiger partial charge in [-0.05, 0) is 31.4 Å². The molecule has 106 valence electrons. The van der Waals surface area contributed by atoms with Gasteiger partial charge >= 0.3 is 5.97 Å². The molecule has 0 amide bonds. The van der Waals surface area contributed by atoms with Gasteiger partial charge in [0.05, 0.1) is 12.8 Å². The average Bonchev–Trinajstić information content (AvgIpc) is 2.73. The summed E-state index contributed by atoms with van der Waals surface area (Å²) >= 11 is 0. The Bertz CT molecular complexity index is 659. The van der Waals surface area contributed by atoms with E-state index in [0.29, 0.717) is 11.6 Å². The Kier molecular flexibility index (Phi) is 3.79. The van der Waals surface area contributed by atoms with E-state index in [1.807, 2.05) is 30.5 Å². The summed E-state index contributed by atoms with van der Waals surface area (Å²) in [6.45, 7) is 5.93. The Morgan fingerprint density at radius 1 is 1.40 bits per heavy atom. The molecule has 20 heavy (non-hydrogen) atoms. The van der Waals surface area contributed by atoms with Crippen molar-refractivity contribution in [2.45, 2.75) is 27.2 Å². The average molecular weight is 273 g/mol. The Morgan fingerprint density at radius 2 is 2.10 bits per heavy atom. The topological polar surface area (TPSA) is 70.1 Å². The third-order valence-electron chi connectivity index (χ3n) is 3.39. The fourth-order valence-electron chi connectivity index (χ4n) is 2.40. The maximum absolute atomic E-state index is 11.7. The fourth-order valence-corrected chi connectivity index (χ4v) is 2.40. The van der Waals surface area contributed by atoms with Crippen molar-refractivity contribution in [1.29, 1.82) is 0 Å². The molecule has 1 aromatic carbocycles. The molecule has 0 unspecified atom stereocenters. The normalized spacial score (nSPS) is 10.6. The number of benzene rings is 1. The molecule has 5 heteroatoms. The number of rotatable bonds is 3. The van der Waals surface area contributed by atoms with E-state index in [-0.39, 0.29) is 5.69 Å². The van der Waals surface area contributed by atoms with Crippen LogP contribution in [0.15, 0.2) is 18.2 Å².